The summed E-state index contributed by atoms with van der Waals surface area (Å²) in [6.45, 7) is 3.35. The van der Waals surface area contributed by atoms with E-state index in [9.17, 15) is 8.42 Å². The number of anilines is 2. The van der Waals surface area contributed by atoms with E-state index in [0.29, 0.717) is 5.82 Å². The molecule has 1 aliphatic rings. The highest BCUT2D eigenvalue weighted by atomic mass is 32.3. The number of nitrogens with two attached hydrogens (primary N) is 1. The van der Waals surface area contributed by atoms with Crippen LogP contribution in [0.25, 0.3) is 0 Å². The van der Waals surface area contributed by atoms with Crippen LogP contribution in [0.4, 0.5) is 11.6 Å². The normalized spacial score (nSPS) is 16.4. The molecule has 9 heteroatoms. The van der Waals surface area contributed by atoms with Gasteiger partial charge in [-0.2, -0.15) is 8.42 Å². The number of nitrogens with zero attached hydrogens (tertiary/aromatic N) is 3. The van der Waals surface area contributed by atoms with Crippen molar-refractivity contribution in [2.75, 3.05) is 23.7 Å². The van der Waals surface area contributed by atoms with Gasteiger partial charge in [0.15, 0.2) is 0 Å². The third kappa shape index (κ3) is 3.44. The molecule has 1 saturated heterocycles. The minimum absolute atomic E-state index is 0.0608. The maximum absolute atomic E-state index is 10.7. The van der Waals surface area contributed by atoms with Crippen LogP contribution in [-0.4, -0.2) is 31.0 Å². The molecule has 0 spiro atoms. The summed E-state index contributed by atoms with van der Waals surface area (Å²) in [7, 11) is -4.63. The van der Waals surface area contributed by atoms with Gasteiger partial charge in [0.2, 0.25) is 5.82 Å². The zero-order chi connectivity index (χ0) is 14.0. The van der Waals surface area contributed by atoms with E-state index >= 15 is 0 Å². The first-order chi connectivity index (χ1) is 8.87. The number of aromatic nitrogens is 2. The maximum atomic E-state index is 10.7. The number of hydrogen-bond donors (Lipinski definition) is 2. The Hall–Kier alpha value is -1.61. The largest absolute Gasteiger partial charge is 0.476 e. The summed E-state index contributed by atoms with van der Waals surface area (Å²) in [5.74, 6) is 0.994. The molecule has 1 aromatic rings. The Labute approximate surface area is 111 Å². The summed E-state index contributed by atoms with van der Waals surface area (Å²) >= 11 is 0. The Bertz CT molecular complexity index is 546. The quantitative estimate of drug-likeness (QED) is 0.569. The molecule has 0 radical (unpaired) electrons. The molecule has 0 bridgehead atoms. The van der Waals surface area contributed by atoms with E-state index in [4.69, 9.17) is 10.3 Å². The van der Waals surface area contributed by atoms with Crippen molar-refractivity contribution < 1.29 is 22.0 Å². The fourth-order valence-corrected chi connectivity index (χ4v) is 2.48. The lowest BCUT2D eigenvalue weighted by molar-refractivity contribution is -0.852. The molecule has 106 valence electrons. The minimum atomic E-state index is -4.63. The molecule has 8 nitrogen and oxygen atoms in total. The van der Waals surface area contributed by atoms with Crippen molar-refractivity contribution in [2.45, 2.75) is 26.2 Å². The molecule has 19 heavy (non-hydrogen) atoms. The molecule has 0 aromatic carbocycles. The third-order valence-corrected chi connectivity index (χ3v) is 3.27. The highest BCUT2D eigenvalue weighted by Crippen LogP contribution is 2.18. The Balaban J connectivity index is 2.30. The topological polar surface area (TPSA) is 110 Å². The SMILES string of the molecule is Cc1nc(N2CCCCC2)cc(N)[n+]1OS(=O)(=O)O. The van der Waals surface area contributed by atoms with Crippen molar-refractivity contribution in [1.29, 1.82) is 0 Å². The summed E-state index contributed by atoms with van der Waals surface area (Å²) in [6.07, 6.45) is 3.39. The number of aryl methyl sites for hydroxylation is 1. The van der Waals surface area contributed by atoms with E-state index < -0.39 is 10.4 Å². The molecule has 2 heterocycles. The van der Waals surface area contributed by atoms with E-state index in [1.165, 1.54) is 12.5 Å². The van der Waals surface area contributed by atoms with Crippen molar-refractivity contribution >= 4 is 22.0 Å². The van der Waals surface area contributed by atoms with Gasteiger partial charge in [-0.1, -0.05) is 4.98 Å². The van der Waals surface area contributed by atoms with Crippen molar-refractivity contribution in [3.05, 3.63) is 11.9 Å². The molecule has 0 unspecified atom stereocenters. The molecular formula is C10H17N4O4S+. The molecule has 1 fully saturated rings. The first-order valence-corrected chi connectivity index (χ1v) is 7.35. The van der Waals surface area contributed by atoms with Gasteiger partial charge in [-0.05, 0) is 24.0 Å². The molecule has 0 amide bonds. The van der Waals surface area contributed by atoms with Gasteiger partial charge in [0.25, 0.3) is 11.6 Å². The Morgan fingerprint density at radius 1 is 1.42 bits per heavy atom. The number of hydrogen-bond acceptors (Lipinski definition) is 6. The van der Waals surface area contributed by atoms with Crippen LogP contribution >= 0.6 is 0 Å². The smallest absolute Gasteiger partial charge is 0.343 e. The van der Waals surface area contributed by atoms with Crippen LogP contribution in [0.15, 0.2) is 6.07 Å². The summed E-state index contributed by atoms with van der Waals surface area (Å²) in [5, 5.41) is 0. The summed E-state index contributed by atoms with van der Waals surface area (Å²) in [5.41, 5.74) is 5.73. The molecule has 1 aromatic heterocycles. The van der Waals surface area contributed by atoms with Gasteiger partial charge < -0.3 is 10.6 Å². The Morgan fingerprint density at radius 3 is 2.58 bits per heavy atom. The first-order valence-electron chi connectivity index (χ1n) is 5.98. The van der Waals surface area contributed by atoms with Gasteiger partial charge in [-0.3, -0.25) is 4.55 Å². The molecule has 0 saturated carbocycles. The van der Waals surface area contributed by atoms with Crippen molar-refractivity contribution in [1.82, 2.24) is 4.98 Å². The van der Waals surface area contributed by atoms with Gasteiger partial charge in [0.1, 0.15) is 0 Å². The van der Waals surface area contributed by atoms with Gasteiger partial charge in [-0.25, -0.2) is 4.28 Å². The molecule has 0 atom stereocenters. The van der Waals surface area contributed by atoms with E-state index in [0.717, 1.165) is 30.7 Å². The van der Waals surface area contributed by atoms with Crippen LogP contribution in [0.5, 0.6) is 0 Å². The lowest BCUT2D eigenvalue weighted by Gasteiger charge is -2.26. The maximum Gasteiger partial charge on any atom is 0.476 e. The van der Waals surface area contributed by atoms with Crippen molar-refractivity contribution in [3.8, 4) is 0 Å². The monoisotopic (exact) mass is 289 g/mol. The molecular weight excluding hydrogens is 272 g/mol. The van der Waals surface area contributed by atoms with Gasteiger partial charge in [0.05, 0.1) is 6.07 Å². The first kappa shape index (κ1) is 13.8. The number of rotatable bonds is 3. The highest BCUT2D eigenvalue weighted by Gasteiger charge is 2.23. The fourth-order valence-electron chi connectivity index (χ4n) is 2.10. The molecule has 2 rings (SSSR count). The van der Waals surface area contributed by atoms with Crippen molar-refractivity contribution in [3.63, 3.8) is 0 Å². The predicted octanol–water partition coefficient (Wildman–Crippen LogP) is -0.519. The van der Waals surface area contributed by atoms with Crippen molar-refractivity contribution in [2.24, 2.45) is 0 Å². The second kappa shape index (κ2) is 5.17. The summed E-state index contributed by atoms with van der Waals surface area (Å²) in [6, 6.07) is 1.53. The third-order valence-electron chi connectivity index (χ3n) is 2.93. The van der Waals surface area contributed by atoms with Crippen LogP contribution < -0.4 is 19.6 Å². The fraction of sp³-hybridized carbons (Fsp3) is 0.600. The lowest BCUT2D eigenvalue weighted by atomic mass is 10.1. The average molecular weight is 289 g/mol. The van der Waals surface area contributed by atoms with Crippen LogP contribution in [0.1, 0.15) is 25.1 Å². The molecule has 1 aliphatic heterocycles. The van der Waals surface area contributed by atoms with Crippen LogP contribution in [0.2, 0.25) is 0 Å². The summed E-state index contributed by atoms with van der Waals surface area (Å²) in [4.78, 5) is 6.34. The van der Waals surface area contributed by atoms with Crippen LogP contribution in [0.3, 0.4) is 0 Å². The summed E-state index contributed by atoms with van der Waals surface area (Å²) < 4.78 is 35.2. The second-order valence-electron chi connectivity index (χ2n) is 4.43. The average Bonchev–Trinajstić information content (AvgIpc) is 2.33. The zero-order valence-corrected chi connectivity index (χ0v) is 11.4. The van der Waals surface area contributed by atoms with Crippen LogP contribution in [0, 0.1) is 6.92 Å². The highest BCUT2D eigenvalue weighted by molar-refractivity contribution is 7.80. The van der Waals surface area contributed by atoms with Gasteiger partial charge >= 0.3 is 10.4 Å². The second-order valence-corrected chi connectivity index (χ2v) is 5.44. The minimum Gasteiger partial charge on any atom is -0.343 e. The number of nitrogen functional groups attached to an aromatic ring is 1. The van der Waals surface area contributed by atoms with Gasteiger partial charge in [-0.15, -0.1) is 0 Å². The lowest BCUT2D eigenvalue weighted by Crippen LogP contribution is -2.51. The standard InChI is InChI=1S/C10H16N4O4S/c1-8-12-10(13-5-3-2-4-6-13)7-9(11)14(8)18-19(15,16)17/h7,11H,2-6H2,1H3,(H,15,16,17)/p+1. The van der Waals surface area contributed by atoms with E-state index in [2.05, 4.69) is 14.2 Å². The van der Waals surface area contributed by atoms with E-state index in [1.807, 2.05) is 0 Å². The number of piperidine rings is 1. The van der Waals surface area contributed by atoms with Crippen LogP contribution in [-0.2, 0) is 10.4 Å². The zero-order valence-electron chi connectivity index (χ0n) is 10.6. The van der Waals surface area contributed by atoms with E-state index in [1.54, 1.807) is 6.92 Å². The predicted molar refractivity (Wildman–Crippen MR) is 67.8 cm³/mol. The molecule has 3 N–H and O–H groups in total. The Kier molecular flexibility index (Phi) is 3.76. The molecule has 0 aliphatic carbocycles. The Morgan fingerprint density at radius 2 is 2.05 bits per heavy atom. The van der Waals surface area contributed by atoms with Gasteiger partial charge in [0, 0.05) is 20.0 Å². The van der Waals surface area contributed by atoms with E-state index in [-0.39, 0.29) is 11.6 Å².